The number of nitriles is 1. The topological polar surface area (TPSA) is 23.8 Å². The summed E-state index contributed by atoms with van der Waals surface area (Å²) < 4.78 is 0. The smallest absolute Gasteiger partial charge is 0.0915 e. The average Bonchev–Trinajstić information content (AvgIpc) is 2.82. The molecule has 2 rings (SSSR count). The fourth-order valence-electron chi connectivity index (χ4n) is 2.13. The first kappa shape index (κ1) is 14.5. The maximum atomic E-state index is 8.43. The molecule has 1 fully saturated rings. The van der Waals surface area contributed by atoms with Gasteiger partial charge in [-0.1, -0.05) is 62.4 Å². The molecule has 0 aliphatic heterocycles. The lowest BCUT2D eigenvalue weighted by Crippen LogP contribution is -1.78. The Labute approximate surface area is 111 Å². The van der Waals surface area contributed by atoms with Crippen LogP contribution in [-0.4, -0.2) is 0 Å². The molecule has 0 aromatic heterocycles. The third-order valence-corrected chi connectivity index (χ3v) is 3.43. The van der Waals surface area contributed by atoms with Crippen molar-refractivity contribution in [1.29, 1.82) is 5.26 Å². The van der Waals surface area contributed by atoms with Crippen molar-refractivity contribution in [2.75, 3.05) is 0 Å². The zero-order valence-electron chi connectivity index (χ0n) is 11.7. The second-order valence-corrected chi connectivity index (χ2v) is 5.21. The molecule has 0 heterocycles. The molecule has 1 aliphatic rings. The molecule has 0 unspecified atom stereocenters. The second kappa shape index (κ2) is 7.71. The monoisotopic (exact) mass is 241 g/mol. The molecular weight excluding hydrogens is 218 g/mol. The van der Waals surface area contributed by atoms with Gasteiger partial charge >= 0.3 is 0 Å². The van der Waals surface area contributed by atoms with Crippen LogP contribution in [0.25, 0.3) is 5.57 Å². The van der Waals surface area contributed by atoms with Crippen molar-refractivity contribution >= 4 is 5.57 Å². The van der Waals surface area contributed by atoms with E-state index < -0.39 is 0 Å². The molecule has 1 nitrogen and oxygen atoms in total. The van der Waals surface area contributed by atoms with Gasteiger partial charge in [0.1, 0.15) is 0 Å². The summed E-state index contributed by atoms with van der Waals surface area (Å²) in [7, 11) is 0. The number of allylic oxidation sites excluding steroid dienone is 2. The highest BCUT2D eigenvalue weighted by Crippen LogP contribution is 2.22. The van der Waals surface area contributed by atoms with Crippen molar-refractivity contribution in [2.24, 2.45) is 5.92 Å². The summed E-state index contributed by atoms with van der Waals surface area (Å²) in [6.07, 6.45) is 7.51. The van der Waals surface area contributed by atoms with E-state index in [4.69, 9.17) is 5.26 Å². The van der Waals surface area contributed by atoms with Gasteiger partial charge in [0.25, 0.3) is 0 Å². The van der Waals surface area contributed by atoms with Gasteiger partial charge in [-0.05, 0) is 30.9 Å². The first-order valence-corrected chi connectivity index (χ1v) is 6.77. The highest BCUT2D eigenvalue weighted by atomic mass is 14.2. The normalized spacial score (nSPS) is 15.8. The van der Waals surface area contributed by atoms with Crippen LogP contribution < -0.4 is 0 Å². The molecule has 0 bridgehead atoms. The molecule has 1 saturated carbocycles. The first-order valence-electron chi connectivity index (χ1n) is 6.77. The number of aryl methyl sites for hydroxylation is 1. The molecule has 0 N–H and O–H groups in total. The highest BCUT2D eigenvalue weighted by Gasteiger charge is 2.07. The van der Waals surface area contributed by atoms with Crippen LogP contribution in [0.2, 0.25) is 0 Å². The molecule has 1 aliphatic carbocycles. The summed E-state index contributed by atoms with van der Waals surface area (Å²) in [5.74, 6) is 1.05. The molecule has 1 heteroatoms. The van der Waals surface area contributed by atoms with Gasteiger partial charge in [-0.25, -0.2) is 0 Å². The van der Waals surface area contributed by atoms with E-state index in [1.54, 1.807) is 6.08 Å². The Kier molecular flexibility index (Phi) is 6.22. The number of rotatable bonds is 1. The van der Waals surface area contributed by atoms with E-state index >= 15 is 0 Å². The van der Waals surface area contributed by atoms with Crippen LogP contribution in [0.4, 0.5) is 0 Å². The van der Waals surface area contributed by atoms with Gasteiger partial charge in [-0.3, -0.25) is 0 Å². The minimum atomic E-state index is 1.01. The summed E-state index contributed by atoms with van der Waals surface area (Å²) in [6.45, 7) is 6.33. The first-order chi connectivity index (χ1) is 8.63. The molecule has 1 aromatic rings. The number of nitrogens with zero attached hydrogens (tertiary/aromatic N) is 1. The maximum Gasteiger partial charge on any atom is 0.0915 e. The van der Waals surface area contributed by atoms with Crippen molar-refractivity contribution in [2.45, 2.75) is 46.5 Å². The van der Waals surface area contributed by atoms with E-state index in [1.807, 2.05) is 44.2 Å². The lowest BCUT2D eigenvalue weighted by molar-refractivity contribution is 0.612. The van der Waals surface area contributed by atoms with E-state index in [1.165, 1.54) is 31.2 Å². The molecule has 0 amide bonds. The van der Waals surface area contributed by atoms with Crippen molar-refractivity contribution < 1.29 is 0 Å². The van der Waals surface area contributed by atoms with Gasteiger partial charge in [0.05, 0.1) is 6.07 Å². The number of hydrogen-bond donors (Lipinski definition) is 0. The lowest BCUT2D eigenvalue weighted by Gasteiger charge is -1.99. The number of benzene rings is 1. The summed E-state index contributed by atoms with van der Waals surface area (Å²) in [6, 6.07) is 10.2. The molecular formula is C17H23N. The minimum absolute atomic E-state index is 1.01. The van der Waals surface area contributed by atoms with E-state index in [2.05, 4.69) is 6.92 Å². The van der Waals surface area contributed by atoms with Gasteiger partial charge in [0, 0.05) is 6.08 Å². The lowest BCUT2D eigenvalue weighted by atomic mass is 10.1. The fraction of sp³-hybridized carbons (Fsp3) is 0.471. The zero-order chi connectivity index (χ0) is 13.4. The van der Waals surface area contributed by atoms with Crippen LogP contribution in [-0.2, 0) is 0 Å². The number of hydrogen-bond acceptors (Lipinski definition) is 1. The SMILES string of the molecule is C/C(=C/C#N)c1ccc(C)cc1.CC1CCCC1. The fourth-order valence-corrected chi connectivity index (χ4v) is 2.13. The van der Waals surface area contributed by atoms with Crippen LogP contribution in [0.1, 0.15) is 50.7 Å². The van der Waals surface area contributed by atoms with Crippen molar-refractivity contribution in [3.8, 4) is 6.07 Å². The Hall–Kier alpha value is -1.55. The van der Waals surface area contributed by atoms with Crippen molar-refractivity contribution in [3.05, 3.63) is 41.5 Å². The minimum Gasteiger partial charge on any atom is -0.193 e. The van der Waals surface area contributed by atoms with Crippen LogP contribution >= 0.6 is 0 Å². The van der Waals surface area contributed by atoms with Crippen LogP contribution in [0.5, 0.6) is 0 Å². The van der Waals surface area contributed by atoms with Gasteiger partial charge in [0.15, 0.2) is 0 Å². The average molecular weight is 241 g/mol. The van der Waals surface area contributed by atoms with Gasteiger partial charge < -0.3 is 0 Å². The summed E-state index contributed by atoms with van der Waals surface area (Å²) in [5.41, 5.74) is 3.36. The summed E-state index contributed by atoms with van der Waals surface area (Å²) in [5, 5.41) is 8.43. The molecule has 1 aromatic carbocycles. The molecule has 0 atom stereocenters. The van der Waals surface area contributed by atoms with Crippen LogP contribution in [0.15, 0.2) is 30.3 Å². The maximum absolute atomic E-state index is 8.43. The molecule has 96 valence electrons. The Morgan fingerprint density at radius 3 is 2.17 bits per heavy atom. The molecule has 0 spiro atoms. The summed E-state index contributed by atoms with van der Waals surface area (Å²) >= 11 is 0. The van der Waals surface area contributed by atoms with Crippen LogP contribution in [0.3, 0.4) is 0 Å². The van der Waals surface area contributed by atoms with Gasteiger partial charge in [-0.15, -0.1) is 0 Å². The molecule has 0 radical (unpaired) electrons. The Balaban J connectivity index is 0.000000225. The zero-order valence-corrected chi connectivity index (χ0v) is 11.7. The Morgan fingerprint density at radius 2 is 1.78 bits per heavy atom. The molecule has 0 saturated heterocycles. The Bertz CT molecular complexity index is 414. The van der Waals surface area contributed by atoms with Gasteiger partial charge in [-0.2, -0.15) is 5.26 Å². The third kappa shape index (κ3) is 5.19. The standard InChI is InChI=1S/C11H11N.C6H12/c1-9-3-5-11(6-4-9)10(2)7-8-12;1-6-4-2-3-5-6/h3-7H,1-2H3;6H,2-5H2,1H3/b10-7-;. The third-order valence-electron chi connectivity index (χ3n) is 3.43. The van der Waals surface area contributed by atoms with E-state index in [0.717, 1.165) is 17.1 Å². The van der Waals surface area contributed by atoms with E-state index in [0.29, 0.717) is 0 Å². The Morgan fingerprint density at radius 1 is 1.22 bits per heavy atom. The largest absolute Gasteiger partial charge is 0.193 e. The van der Waals surface area contributed by atoms with E-state index in [-0.39, 0.29) is 0 Å². The predicted molar refractivity (Wildman–Crippen MR) is 78.1 cm³/mol. The van der Waals surface area contributed by atoms with Crippen LogP contribution in [0, 0.1) is 24.2 Å². The van der Waals surface area contributed by atoms with E-state index in [9.17, 15) is 0 Å². The predicted octanol–water partition coefficient (Wildman–Crippen LogP) is 5.12. The second-order valence-electron chi connectivity index (χ2n) is 5.21. The van der Waals surface area contributed by atoms with Crippen molar-refractivity contribution in [3.63, 3.8) is 0 Å². The summed E-state index contributed by atoms with van der Waals surface area (Å²) in [4.78, 5) is 0. The van der Waals surface area contributed by atoms with Crippen molar-refractivity contribution in [1.82, 2.24) is 0 Å². The quantitative estimate of drug-likeness (QED) is 0.626. The van der Waals surface area contributed by atoms with Gasteiger partial charge in [0.2, 0.25) is 0 Å². The highest BCUT2D eigenvalue weighted by molar-refractivity contribution is 5.65. The molecule has 18 heavy (non-hydrogen) atoms.